The second-order valence-electron chi connectivity index (χ2n) is 5.58. The fraction of sp³-hybridized carbons (Fsp3) is 0.412. The molecule has 1 aliphatic carbocycles. The number of hydrogen-bond acceptors (Lipinski definition) is 2. The molecule has 104 valence electrons. The van der Waals surface area contributed by atoms with Gasteiger partial charge in [-0.1, -0.05) is 24.1 Å². The van der Waals surface area contributed by atoms with Crippen molar-refractivity contribution in [3.05, 3.63) is 41.7 Å². The van der Waals surface area contributed by atoms with Gasteiger partial charge in [0.15, 0.2) is 5.78 Å². The second-order valence-corrected chi connectivity index (χ2v) is 5.58. The van der Waals surface area contributed by atoms with E-state index in [-0.39, 0.29) is 5.78 Å². The average molecular weight is 268 g/mol. The Labute approximate surface area is 119 Å². The highest BCUT2D eigenvalue weighted by molar-refractivity contribution is 5.92. The lowest BCUT2D eigenvalue weighted by molar-refractivity contribution is -0.114. The SMILES string of the molecule is Cn1c(CC(=O)C=C2CCCCC2)nc2ccccc21. The van der Waals surface area contributed by atoms with Crippen LogP contribution in [0.5, 0.6) is 0 Å². The van der Waals surface area contributed by atoms with Gasteiger partial charge in [-0.2, -0.15) is 0 Å². The molecule has 1 aliphatic rings. The van der Waals surface area contributed by atoms with Gasteiger partial charge in [0.2, 0.25) is 0 Å². The van der Waals surface area contributed by atoms with Crippen molar-refractivity contribution in [1.29, 1.82) is 0 Å². The molecular formula is C17H20N2O. The summed E-state index contributed by atoms with van der Waals surface area (Å²) in [4.78, 5) is 16.7. The lowest BCUT2D eigenvalue weighted by Gasteiger charge is -2.12. The molecule has 1 saturated carbocycles. The molecule has 0 aliphatic heterocycles. The number of fused-ring (bicyclic) bond motifs is 1. The van der Waals surface area contributed by atoms with Crippen molar-refractivity contribution in [3.63, 3.8) is 0 Å². The van der Waals surface area contributed by atoms with Gasteiger partial charge in [0.25, 0.3) is 0 Å². The second kappa shape index (κ2) is 5.61. The van der Waals surface area contributed by atoms with Crippen LogP contribution in [0.4, 0.5) is 0 Å². The van der Waals surface area contributed by atoms with Crippen LogP contribution in [0.1, 0.15) is 37.9 Å². The molecule has 3 heteroatoms. The minimum Gasteiger partial charge on any atom is -0.331 e. The summed E-state index contributed by atoms with van der Waals surface area (Å²) in [5.41, 5.74) is 3.36. The topological polar surface area (TPSA) is 34.9 Å². The smallest absolute Gasteiger partial charge is 0.163 e. The van der Waals surface area contributed by atoms with Gasteiger partial charge in [-0.25, -0.2) is 4.98 Å². The van der Waals surface area contributed by atoms with Crippen molar-refractivity contribution >= 4 is 16.8 Å². The number of imidazole rings is 1. The normalized spacial score (nSPS) is 15.6. The van der Waals surface area contributed by atoms with E-state index >= 15 is 0 Å². The van der Waals surface area contributed by atoms with E-state index in [1.54, 1.807) is 0 Å². The van der Waals surface area contributed by atoms with Gasteiger partial charge in [0.1, 0.15) is 5.82 Å². The molecule has 0 radical (unpaired) electrons. The average Bonchev–Trinajstić information content (AvgIpc) is 2.77. The Morgan fingerprint density at radius 2 is 2.00 bits per heavy atom. The highest BCUT2D eigenvalue weighted by atomic mass is 16.1. The Balaban J connectivity index is 1.79. The van der Waals surface area contributed by atoms with Crippen molar-refractivity contribution in [3.8, 4) is 0 Å². The van der Waals surface area contributed by atoms with Crippen LogP contribution in [0.3, 0.4) is 0 Å². The summed E-state index contributed by atoms with van der Waals surface area (Å²) in [6.45, 7) is 0. The number of allylic oxidation sites excluding steroid dienone is 2. The van der Waals surface area contributed by atoms with E-state index in [4.69, 9.17) is 0 Å². The summed E-state index contributed by atoms with van der Waals surface area (Å²) in [5.74, 6) is 1.03. The number of rotatable bonds is 3. The summed E-state index contributed by atoms with van der Waals surface area (Å²) in [5, 5.41) is 0. The van der Waals surface area contributed by atoms with Crippen molar-refractivity contribution in [2.24, 2.45) is 7.05 Å². The van der Waals surface area contributed by atoms with E-state index < -0.39 is 0 Å². The lowest BCUT2D eigenvalue weighted by Crippen LogP contribution is -2.07. The third-order valence-electron chi connectivity index (χ3n) is 4.07. The number of para-hydroxylation sites is 2. The summed E-state index contributed by atoms with van der Waals surface area (Å²) < 4.78 is 2.02. The lowest BCUT2D eigenvalue weighted by atomic mass is 9.94. The number of nitrogens with zero attached hydrogens (tertiary/aromatic N) is 2. The largest absolute Gasteiger partial charge is 0.331 e. The summed E-state index contributed by atoms with van der Waals surface area (Å²) >= 11 is 0. The van der Waals surface area contributed by atoms with Crippen LogP contribution in [0, 0.1) is 0 Å². The standard InChI is InChI=1S/C17H20N2O/c1-19-16-10-6-5-9-15(16)18-17(19)12-14(20)11-13-7-3-2-4-8-13/h5-6,9-11H,2-4,7-8,12H2,1H3. The van der Waals surface area contributed by atoms with Crippen LogP contribution in [0.25, 0.3) is 11.0 Å². The van der Waals surface area contributed by atoms with Crippen LogP contribution >= 0.6 is 0 Å². The molecule has 1 fully saturated rings. The third kappa shape index (κ3) is 2.67. The zero-order valence-corrected chi connectivity index (χ0v) is 11.9. The quantitative estimate of drug-likeness (QED) is 0.798. The van der Waals surface area contributed by atoms with Crippen molar-refractivity contribution in [2.75, 3.05) is 0 Å². The molecule has 3 rings (SSSR count). The monoisotopic (exact) mass is 268 g/mol. The van der Waals surface area contributed by atoms with E-state index in [2.05, 4.69) is 4.98 Å². The number of aryl methyl sites for hydroxylation is 1. The molecular weight excluding hydrogens is 248 g/mol. The number of carbonyl (C=O) groups excluding carboxylic acids is 1. The van der Waals surface area contributed by atoms with E-state index in [1.807, 2.05) is 42.0 Å². The van der Waals surface area contributed by atoms with Gasteiger partial charge in [0, 0.05) is 7.05 Å². The molecule has 0 atom stereocenters. The van der Waals surface area contributed by atoms with Gasteiger partial charge in [-0.05, 0) is 43.9 Å². The Morgan fingerprint density at radius 1 is 1.25 bits per heavy atom. The molecule has 0 saturated heterocycles. The minimum atomic E-state index is 0.181. The first kappa shape index (κ1) is 13.1. The van der Waals surface area contributed by atoms with Crippen molar-refractivity contribution in [2.45, 2.75) is 38.5 Å². The molecule has 0 unspecified atom stereocenters. The highest BCUT2D eigenvalue weighted by Crippen LogP contribution is 2.23. The van der Waals surface area contributed by atoms with Crippen LogP contribution in [-0.4, -0.2) is 15.3 Å². The zero-order chi connectivity index (χ0) is 13.9. The van der Waals surface area contributed by atoms with Gasteiger partial charge >= 0.3 is 0 Å². The Bertz CT molecular complexity index is 659. The molecule has 2 aromatic rings. The van der Waals surface area contributed by atoms with Crippen molar-refractivity contribution in [1.82, 2.24) is 9.55 Å². The highest BCUT2D eigenvalue weighted by Gasteiger charge is 2.12. The molecule has 20 heavy (non-hydrogen) atoms. The number of carbonyl (C=O) groups is 1. The van der Waals surface area contributed by atoms with E-state index in [9.17, 15) is 4.79 Å². The summed E-state index contributed by atoms with van der Waals surface area (Å²) in [7, 11) is 1.98. The maximum atomic E-state index is 12.2. The molecule has 1 heterocycles. The number of ketones is 1. The van der Waals surface area contributed by atoms with Crippen LogP contribution in [-0.2, 0) is 18.3 Å². The molecule has 1 aromatic heterocycles. The van der Waals surface area contributed by atoms with E-state index in [0.717, 1.165) is 29.7 Å². The van der Waals surface area contributed by atoms with Gasteiger partial charge in [-0.15, -0.1) is 0 Å². The Hall–Kier alpha value is -1.90. The van der Waals surface area contributed by atoms with Crippen LogP contribution in [0.2, 0.25) is 0 Å². The maximum Gasteiger partial charge on any atom is 0.163 e. The van der Waals surface area contributed by atoms with Crippen LogP contribution < -0.4 is 0 Å². The zero-order valence-electron chi connectivity index (χ0n) is 11.9. The predicted octanol–water partition coefficient (Wildman–Crippen LogP) is 3.58. The van der Waals surface area contributed by atoms with E-state index in [1.165, 1.54) is 24.8 Å². The van der Waals surface area contributed by atoms with Gasteiger partial charge in [0.05, 0.1) is 17.5 Å². The molecule has 0 N–H and O–H groups in total. The number of benzene rings is 1. The maximum absolute atomic E-state index is 12.2. The first-order valence-corrected chi connectivity index (χ1v) is 7.36. The fourth-order valence-corrected chi connectivity index (χ4v) is 2.94. The third-order valence-corrected chi connectivity index (χ3v) is 4.07. The summed E-state index contributed by atoms with van der Waals surface area (Å²) in [6, 6.07) is 8.00. The molecule has 0 amide bonds. The summed E-state index contributed by atoms with van der Waals surface area (Å²) in [6.07, 6.45) is 8.20. The molecule has 1 aromatic carbocycles. The predicted molar refractivity (Wildman–Crippen MR) is 80.6 cm³/mol. The fourth-order valence-electron chi connectivity index (χ4n) is 2.94. The van der Waals surface area contributed by atoms with Crippen LogP contribution in [0.15, 0.2) is 35.9 Å². The van der Waals surface area contributed by atoms with Gasteiger partial charge < -0.3 is 4.57 Å². The van der Waals surface area contributed by atoms with Gasteiger partial charge in [-0.3, -0.25) is 4.79 Å². The van der Waals surface area contributed by atoms with E-state index in [0.29, 0.717) is 6.42 Å². The minimum absolute atomic E-state index is 0.181. The van der Waals surface area contributed by atoms with Crippen molar-refractivity contribution < 1.29 is 4.79 Å². The molecule has 0 bridgehead atoms. The first-order valence-electron chi connectivity index (χ1n) is 7.36. The Morgan fingerprint density at radius 3 is 2.75 bits per heavy atom. The number of hydrogen-bond donors (Lipinski definition) is 0. The molecule has 0 spiro atoms. The number of aromatic nitrogens is 2. The first-order chi connectivity index (χ1) is 9.74. The molecule has 3 nitrogen and oxygen atoms in total. The Kier molecular flexibility index (Phi) is 3.68.